The van der Waals surface area contributed by atoms with Crippen molar-refractivity contribution in [3.63, 3.8) is 0 Å². The number of nitrogens with zero attached hydrogens (tertiary/aromatic N) is 2. The number of methoxy groups -OCH3 is 1. The second-order valence-electron chi connectivity index (χ2n) is 5.08. The summed E-state index contributed by atoms with van der Waals surface area (Å²) in [4.78, 5) is 8.73. The van der Waals surface area contributed by atoms with Gasteiger partial charge >= 0.3 is 0 Å². The van der Waals surface area contributed by atoms with Crippen LogP contribution in [-0.2, 0) is 11.3 Å². The zero-order chi connectivity index (χ0) is 14.3. The summed E-state index contributed by atoms with van der Waals surface area (Å²) >= 11 is 0. The molecule has 1 rings (SSSR count). The van der Waals surface area contributed by atoms with Crippen LogP contribution in [0.15, 0.2) is 6.07 Å². The Bertz CT molecular complexity index is 396. The van der Waals surface area contributed by atoms with E-state index in [1.54, 1.807) is 7.11 Å². The molecule has 6 nitrogen and oxygen atoms in total. The number of aromatic nitrogens is 2. The van der Waals surface area contributed by atoms with E-state index < -0.39 is 5.54 Å². The summed E-state index contributed by atoms with van der Waals surface area (Å²) in [6.07, 6.45) is 1.02. The third-order valence-corrected chi connectivity index (χ3v) is 2.46. The van der Waals surface area contributed by atoms with Gasteiger partial charge in [0.25, 0.3) is 0 Å². The molecule has 0 fully saturated rings. The predicted octanol–water partition coefficient (Wildman–Crippen LogP) is 1.63. The lowest BCUT2D eigenvalue weighted by Crippen LogP contribution is -2.35. The zero-order valence-electron chi connectivity index (χ0n) is 12.2. The normalized spacial score (nSPS) is 11.4. The van der Waals surface area contributed by atoms with Gasteiger partial charge in [-0.2, -0.15) is 0 Å². The van der Waals surface area contributed by atoms with Crippen molar-refractivity contribution in [3.8, 4) is 0 Å². The lowest BCUT2D eigenvalue weighted by atomic mass is 10.1. The van der Waals surface area contributed by atoms with Crippen LogP contribution in [0.4, 0.5) is 11.6 Å². The minimum atomic E-state index is -0.430. The minimum absolute atomic E-state index is 0.0222. The lowest BCUT2D eigenvalue weighted by Gasteiger charge is -2.24. The van der Waals surface area contributed by atoms with Gasteiger partial charge in [0, 0.05) is 19.7 Å². The van der Waals surface area contributed by atoms with Gasteiger partial charge in [-0.3, -0.25) is 0 Å². The van der Waals surface area contributed by atoms with Crippen LogP contribution >= 0.6 is 0 Å². The quantitative estimate of drug-likeness (QED) is 0.665. The van der Waals surface area contributed by atoms with Gasteiger partial charge in [-0.1, -0.05) is 6.92 Å². The molecule has 0 bridgehead atoms. The fourth-order valence-electron chi connectivity index (χ4n) is 1.48. The molecule has 0 saturated carbocycles. The van der Waals surface area contributed by atoms with Gasteiger partial charge in [0.1, 0.15) is 18.2 Å². The van der Waals surface area contributed by atoms with Crippen molar-refractivity contribution in [1.29, 1.82) is 0 Å². The summed E-state index contributed by atoms with van der Waals surface area (Å²) < 4.78 is 5.07. The maximum absolute atomic E-state index is 9.29. The molecule has 108 valence electrons. The molecule has 0 aromatic carbocycles. The molecule has 0 amide bonds. The Labute approximate surface area is 114 Å². The first-order valence-corrected chi connectivity index (χ1v) is 6.50. The van der Waals surface area contributed by atoms with E-state index in [4.69, 9.17) is 4.74 Å². The number of nitrogens with one attached hydrogen (secondary N) is 2. The van der Waals surface area contributed by atoms with Gasteiger partial charge < -0.3 is 20.5 Å². The van der Waals surface area contributed by atoms with E-state index in [1.165, 1.54) is 0 Å². The second kappa shape index (κ2) is 7.25. The molecule has 0 radical (unpaired) electrons. The van der Waals surface area contributed by atoms with Crippen molar-refractivity contribution < 1.29 is 9.84 Å². The van der Waals surface area contributed by atoms with Gasteiger partial charge in [-0.25, -0.2) is 9.97 Å². The van der Waals surface area contributed by atoms with Crippen molar-refractivity contribution in [3.05, 3.63) is 11.9 Å². The van der Waals surface area contributed by atoms with Crippen LogP contribution in [0.25, 0.3) is 0 Å². The number of hydrogen-bond acceptors (Lipinski definition) is 6. The fraction of sp³-hybridized carbons (Fsp3) is 0.692. The molecule has 0 atom stereocenters. The Balaban J connectivity index is 2.91. The second-order valence-corrected chi connectivity index (χ2v) is 5.08. The summed E-state index contributed by atoms with van der Waals surface area (Å²) in [6.45, 7) is 7.14. The number of ether oxygens (including phenoxy) is 1. The molecule has 0 spiro atoms. The largest absolute Gasteiger partial charge is 0.394 e. The summed E-state index contributed by atoms with van der Waals surface area (Å²) in [6, 6.07) is 1.84. The molecular weight excluding hydrogens is 244 g/mol. The molecule has 1 aromatic rings. The van der Waals surface area contributed by atoms with E-state index in [0.29, 0.717) is 18.2 Å². The van der Waals surface area contributed by atoms with Gasteiger partial charge in [0.2, 0.25) is 0 Å². The van der Waals surface area contributed by atoms with E-state index in [0.717, 1.165) is 18.8 Å². The highest BCUT2D eigenvalue weighted by Gasteiger charge is 2.17. The summed E-state index contributed by atoms with van der Waals surface area (Å²) in [5, 5.41) is 15.7. The maximum atomic E-state index is 9.29. The standard InChI is InChI=1S/C13H24N4O2/c1-5-6-14-10-7-11(17-13(2,3)9-18)16-12(15-10)8-19-4/h7,18H,5-6,8-9H2,1-4H3,(H2,14,15,16,17). The summed E-state index contributed by atoms with van der Waals surface area (Å²) in [5.41, 5.74) is -0.430. The first-order valence-electron chi connectivity index (χ1n) is 6.50. The molecule has 6 heteroatoms. The minimum Gasteiger partial charge on any atom is -0.394 e. The number of anilines is 2. The molecule has 0 saturated heterocycles. The zero-order valence-corrected chi connectivity index (χ0v) is 12.2. The van der Waals surface area contributed by atoms with Crippen LogP contribution in [0.1, 0.15) is 33.0 Å². The summed E-state index contributed by atoms with van der Waals surface area (Å²) in [7, 11) is 1.61. The van der Waals surface area contributed by atoms with E-state index >= 15 is 0 Å². The van der Waals surface area contributed by atoms with Crippen LogP contribution in [0.3, 0.4) is 0 Å². The topological polar surface area (TPSA) is 79.3 Å². The lowest BCUT2D eigenvalue weighted by molar-refractivity contribution is 0.178. The molecule has 1 heterocycles. The monoisotopic (exact) mass is 268 g/mol. The average Bonchev–Trinajstić information content (AvgIpc) is 2.36. The Morgan fingerprint density at radius 3 is 2.58 bits per heavy atom. The van der Waals surface area contributed by atoms with E-state index in [9.17, 15) is 5.11 Å². The number of rotatable bonds is 8. The van der Waals surface area contributed by atoms with Crippen LogP contribution < -0.4 is 10.6 Å². The van der Waals surface area contributed by atoms with Gasteiger partial charge in [0.05, 0.1) is 12.1 Å². The molecule has 0 aliphatic carbocycles. The van der Waals surface area contributed by atoms with Crippen LogP contribution in [-0.4, -0.2) is 40.9 Å². The van der Waals surface area contributed by atoms with E-state index in [2.05, 4.69) is 27.5 Å². The van der Waals surface area contributed by atoms with Crippen LogP contribution in [0, 0.1) is 0 Å². The molecular formula is C13H24N4O2. The Morgan fingerprint density at radius 2 is 2.00 bits per heavy atom. The predicted molar refractivity (Wildman–Crippen MR) is 76.3 cm³/mol. The van der Waals surface area contributed by atoms with Crippen LogP contribution in [0.5, 0.6) is 0 Å². The SMILES string of the molecule is CCCNc1cc(NC(C)(C)CO)nc(COC)n1. The molecule has 0 aliphatic heterocycles. The Kier molecular flexibility index (Phi) is 5.98. The molecule has 19 heavy (non-hydrogen) atoms. The number of aliphatic hydroxyl groups is 1. The average molecular weight is 268 g/mol. The maximum Gasteiger partial charge on any atom is 0.158 e. The van der Waals surface area contributed by atoms with Crippen molar-refractivity contribution in [2.75, 3.05) is 30.9 Å². The van der Waals surface area contributed by atoms with Gasteiger partial charge in [-0.15, -0.1) is 0 Å². The third-order valence-electron chi connectivity index (χ3n) is 2.46. The van der Waals surface area contributed by atoms with Gasteiger partial charge in [0.15, 0.2) is 5.82 Å². The molecule has 0 unspecified atom stereocenters. The van der Waals surface area contributed by atoms with Crippen molar-refractivity contribution in [1.82, 2.24) is 9.97 Å². The number of hydrogen-bond donors (Lipinski definition) is 3. The van der Waals surface area contributed by atoms with Crippen molar-refractivity contribution in [2.45, 2.75) is 39.3 Å². The van der Waals surface area contributed by atoms with E-state index in [1.807, 2.05) is 19.9 Å². The fourth-order valence-corrected chi connectivity index (χ4v) is 1.48. The smallest absolute Gasteiger partial charge is 0.158 e. The highest BCUT2D eigenvalue weighted by molar-refractivity contribution is 5.48. The Morgan fingerprint density at radius 1 is 1.32 bits per heavy atom. The summed E-state index contributed by atoms with van der Waals surface area (Å²) in [5.74, 6) is 2.06. The van der Waals surface area contributed by atoms with Gasteiger partial charge in [-0.05, 0) is 20.3 Å². The number of aliphatic hydroxyl groups excluding tert-OH is 1. The Hall–Kier alpha value is -1.40. The van der Waals surface area contributed by atoms with Crippen molar-refractivity contribution >= 4 is 11.6 Å². The first kappa shape index (κ1) is 15.7. The molecule has 0 aliphatic rings. The highest BCUT2D eigenvalue weighted by Crippen LogP contribution is 2.16. The van der Waals surface area contributed by atoms with E-state index in [-0.39, 0.29) is 6.61 Å². The third kappa shape index (κ3) is 5.40. The first-order chi connectivity index (χ1) is 9.00. The highest BCUT2D eigenvalue weighted by atomic mass is 16.5. The molecule has 1 aromatic heterocycles. The van der Waals surface area contributed by atoms with Crippen LogP contribution in [0.2, 0.25) is 0 Å². The molecule has 3 N–H and O–H groups in total. The van der Waals surface area contributed by atoms with Crippen molar-refractivity contribution in [2.24, 2.45) is 0 Å².